The molecule has 1 N–H and O–H groups in total. The minimum atomic E-state index is -0.442. The number of esters is 1. The molecule has 1 aliphatic rings. The van der Waals surface area contributed by atoms with Crippen molar-refractivity contribution in [2.24, 2.45) is 0 Å². The highest BCUT2D eigenvalue weighted by atomic mass is 79.9. The number of ether oxygens (including phenoxy) is 1. The van der Waals surface area contributed by atoms with Crippen molar-refractivity contribution in [3.05, 3.63) is 51.2 Å². The highest BCUT2D eigenvalue weighted by Crippen LogP contribution is 2.29. The number of hydrogen-bond acceptors (Lipinski definition) is 5. The van der Waals surface area contributed by atoms with Crippen molar-refractivity contribution in [2.75, 3.05) is 11.9 Å². The van der Waals surface area contributed by atoms with Crippen molar-refractivity contribution in [1.29, 1.82) is 0 Å². The first-order chi connectivity index (χ1) is 10.9. The summed E-state index contributed by atoms with van der Waals surface area (Å²) < 4.78 is 5.13. The highest BCUT2D eigenvalue weighted by molar-refractivity contribution is 9.12. The minimum Gasteiger partial charge on any atom is -0.462 e. The van der Waals surface area contributed by atoms with Crippen LogP contribution in [0.2, 0.25) is 0 Å². The van der Waals surface area contributed by atoms with Gasteiger partial charge in [-0.1, -0.05) is 6.07 Å². The lowest BCUT2D eigenvalue weighted by Crippen LogP contribution is -2.24. The molecule has 0 saturated carbocycles. The molecule has 0 saturated heterocycles. The molecule has 6 heteroatoms. The van der Waals surface area contributed by atoms with Gasteiger partial charge in [0, 0.05) is 16.8 Å². The molecular formula is C17H16BrNO4. The third-order valence-electron chi connectivity index (χ3n) is 3.53. The van der Waals surface area contributed by atoms with Crippen LogP contribution in [0.5, 0.6) is 0 Å². The molecule has 0 atom stereocenters. The molecule has 120 valence electrons. The number of allylic oxidation sites excluding steroid dienone is 3. The van der Waals surface area contributed by atoms with Crippen LogP contribution in [-0.4, -0.2) is 24.1 Å². The Morgan fingerprint density at radius 3 is 2.48 bits per heavy atom. The number of hydrogen-bond donors (Lipinski definition) is 1. The number of carbonyl (C=O) groups excluding carboxylic acids is 3. The van der Waals surface area contributed by atoms with Crippen LogP contribution in [0.25, 0.3) is 0 Å². The van der Waals surface area contributed by atoms with Gasteiger partial charge in [0.2, 0.25) is 5.78 Å². The maximum absolute atomic E-state index is 12.4. The van der Waals surface area contributed by atoms with E-state index < -0.39 is 5.97 Å². The van der Waals surface area contributed by atoms with Gasteiger partial charge in [-0.25, -0.2) is 4.79 Å². The van der Waals surface area contributed by atoms with Gasteiger partial charge in [0.25, 0.3) is 0 Å². The van der Waals surface area contributed by atoms with Gasteiger partial charge in [0.15, 0.2) is 5.78 Å². The summed E-state index contributed by atoms with van der Waals surface area (Å²) in [6.45, 7) is 5.25. The van der Waals surface area contributed by atoms with Gasteiger partial charge in [0.1, 0.15) is 5.70 Å². The molecule has 0 radical (unpaired) electrons. The van der Waals surface area contributed by atoms with E-state index in [2.05, 4.69) is 21.2 Å². The number of ketones is 2. The summed E-state index contributed by atoms with van der Waals surface area (Å²) >= 11 is 3.18. The Labute approximate surface area is 142 Å². The van der Waals surface area contributed by atoms with Gasteiger partial charge >= 0.3 is 5.97 Å². The van der Waals surface area contributed by atoms with Gasteiger partial charge in [-0.15, -0.1) is 0 Å². The molecule has 0 aliphatic heterocycles. The van der Waals surface area contributed by atoms with E-state index in [-0.39, 0.29) is 28.4 Å². The Bertz CT molecular complexity index is 762. The van der Waals surface area contributed by atoms with Crippen LogP contribution in [0.15, 0.2) is 45.6 Å². The third-order valence-corrected chi connectivity index (χ3v) is 4.29. The fourth-order valence-electron chi connectivity index (χ4n) is 2.10. The summed E-state index contributed by atoms with van der Waals surface area (Å²) in [5, 5.41) is 2.92. The monoisotopic (exact) mass is 377 g/mol. The second kappa shape index (κ2) is 6.91. The minimum absolute atomic E-state index is 0.166. The average molecular weight is 378 g/mol. The SMILES string of the molecule is CCOC(=O)c1cccc(NC2=C(Br)C(=O)C(C)=C(C)C2=O)c1. The molecule has 0 fully saturated rings. The van der Waals surface area contributed by atoms with Crippen LogP contribution in [0, 0.1) is 0 Å². The molecule has 0 spiro atoms. The van der Waals surface area contributed by atoms with E-state index in [9.17, 15) is 14.4 Å². The summed E-state index contributed by atoms with van der Waals surface area (Å²) in [4.78, 5) is 36.2. The average Bonchev–Trinajstić information content (AvgIpc) is 2.55. The fraction of sp³-hybridized carbons (Fsp3) is 0.235. The van der Waals surface area contributed by atoms with Crippen LogP contribution in [-0.2, 0) is 14.3 Å². The molecule has 0 bridgehead atoms. The zero-order chi connectivity index (χ0) is 17.1. The quantitative estimate of drug-likeness (QED) is 0.643. The zero-order valence-electron chi connectivity index (χ0n) is 13.0. The number of anilines is 1. The molecule has 5 nitrogen and oxygen atoms in total. The smallest absolute Gasteiger partial charge is 0.338 e. The summed E-state index contributed by atoms with van der Waals surface area (Å²) in [5.74, 6) is -0.927. The normalized spacial score (nSPS) is 15.1. The van der Waals surface area contributed by atoms with Crippen LogP contribution >= 0.6 is 15.9 Å². The molecule has 0 unspecified atom stereocenters. The van der Waals surface area contributed by atoms with Crippen molar-refractivity contribution in [3.8, 4) is 0 Å². The Balaban J connectivity index is 2.32. The standard InChI is InChI=1S/C17H16BrNO4/c1-4-23-17(22)11-6-5-7-12(8-11)19-14-13(18)15(20)9(2)10(3)16(14)21/h5-8,19H,4H2,1-3H3. The molecule has 1 aromatic carbocycles. The van der Waals surface area contributed by atoms with E-state index in [4.69, 9.17) is 4.74 Å². The topological polar surface area (TPSA) is 72.5 Å². The van der Waals surface area contributed by atoms with Gasteiger partial charge in [-0.05, 0) is 54.9 Å². The van der Waals surface area contributed by atoms with E-state index in [1.807, 2.05) is 0 Å². The number of carbonyl (C=O) groups is 3. The van der Waals surface area contributed by atoms with Gasteiger partial charge < -0.3 is 10.1 Å². The number of benzene rings is 1. The first-order valence-electron chi connectivity index (χ1n) is 7.07. The van der Waals surface area contributed by atoms with Gasteiger partial charge in [0.05, 0.1) is 16.7 Å². The van der Waals surface area contributed by atoms with Crippen molar-refractivity contribution in [3.63, 3.8) is 0 Å². The summed E-state index contributed by atoms with van der Waals surface area (Å²) in [7, 11) is 0. The summed E-state index contributed by atoms with van der Waals surface area (Å²) in [6, 6.07) is 6.57. The van der Waals surface area contributed by atoms with Crippen LogP contribution in [0.4, 0.5) is 5.69 Å². The first kappa shape index (κ1) is 17.1. The Kier molecular flexibility index (Phi) is 5.15. The Morgan fingerprint density at radius 1 is 1.17 bits per heavy atom. The molecule has 2 rings (SSSR count). The number of halogens is 1. The Hall–Kier alpha value is -2.21. The Morgan fingerprint density at radius 2 is 1.83 bits per heavy atom. The number of nitrogens with one attached hydrogen (secondary N) is 1. The molecular weight excluding hydrogens is 362 g/mol. The lowest BCUT2D eigenvalue weighted by molar-refractivity contribution is -0.115. The number of rotatable bonds is 4. The maximum atomic E-state index is 12.4. The zero-order valence-corrected chi connectivity index (χ0v) is 14.6. The maximum Gasteiger partial charge on any atom is 0.338 e. The van der Waals surface area contributed by atoms with E-state index in [0.717, 1.165) is 0 Å². The second-order valence-electron chi connectivity index (χ2n) is 5.02. The van der Waals surface area contributed by atoms with Gasteiger partial charge in [-0.3, -0.25) is 9.59 Å². The van der Waals surface area contributed by atoms with E-state index in [1.54, 1.807) is 45.0 Å². The molecule has 0 aromatic heterocycles. The van der Waals surface area contributed by atoms with Crippen LogP contribution < -0.4 is 5.32 Å². The number of Topliss-reactive ketones (excluding diaryl/α,β-unsaturated/α-hetero) is 2. The fourth-order valence-corrected chi connectivity index (χ4v) is 2.68. The molecule has 23 heavy (non-hydrogen) atoms. The lowest BCUT2D eigenvalue weighted by atomic mass is 9.95. The first-order valence-corrected chi connectivity index (χ1v) is 7.87. The third kappa shape index (κ3) is 3.42. The largest absolute Gasteiger partial charge is 0.462 e. The predicted octanol–water partition coefficient (Wildman–Crippen LogP) is 3.37. The van der Waals surface area contributed by atoms with Crippen LogP contribution in [0.1, 0.15) is 31.1 Å². The highest BCUT2D eigenvalue weighted by Gasteiger charge is 2.29. The van der Waals surface area contributed by atoms with Crippen molar-refractivity contribution >= 4 is 39.2 Å². The molecule has 1 aromatic rings. The molecule has 0 heterocycles. The molecule has 0 amide bonds. The van der Waals surface area contributed by atoms with Crippen molar-refractivity contribution in [1.82, 2.24) is 0 Å². The van der Waals surface area contributed by atoms with Gasteiger partial charge in [-0.2, -0.15) is 0 Å². The second-order valence-corrected chi connectivity index (χ2v) is 5.82. The predicted molar refractivity (Wildman–Crippen MR) is 90.4 cm³/mol. The molecule has 1 aliphatic carbocycles. The van der Waals surface area contributed by atoms with Crippen molar-refractivity contribution in [2.45, 2.75) is 20.8 Å². The van der Waals surface area contributed by atoms with E-state index in [0.29, 0.717) is 22.4 Å². The summed E-state index contributed by atoms with van der Waals surface area (Å²) in [6.07, 6.45) is 0. The summed E-state index contributed by atoms with van der Waals surface area (Å²) in [5.41, 5.74) is 1.89. The lowest BCUT2D eigenvalue weighted by Gasteiger charge is -2.19. The van der Waals surface area contributed by atoms with Crippen LogP contribution in [0.3, 0.4) is 0 Å². The van der Waals surface area contributed by atoms with Crippen molar-refractivity contribution < 1.29 is 19.1 Å². The van der Waals surface area contributed by atoms with E-state index >= 15 is 0 Å². The van der Waals surface area contributed by atoms with E-state index in [1.165, 1.54) is 0 Å².